The molecule has 0 aromatic carbocycles. The first kappa shape index (κ1) is 14.2. The van der Waals surface area contributed by atoms with Gasteiger partial charge in [0.2, 0.25) is 0 Å². The van der Waals surface area contributed by atoms with Crippen molar-refractivity contribution in [3.05, 3.63) is 12.2 Å². The normalized spacial score (nSPS) is 24.9. The first-order valence-electron chi connectivity index (χ1n) is 6.78. The van der Waals surface area contributed by atoms with Crippen molar-refractivity contribution in [3.63, 3.8) is 0 Å². The van der Waals surface area contributed by atoms with Gasteiger partial charge in [-0.05, 0) is 26.2 Å². The van der Waals surface area contributed by atoms with Crippen LogP contribution in [0.2, 0.25) is 0 Å². The molecule has 0 fully saturated rings. The van der Waals surface area contributed by atoms with Gasteiger partial charge in [-0.3, -0.25) is 4.79 Å². The standard InChI is InChI=1S/C14H25NO2/c1-3-4-5-6-7-11(2)17-14(16)12-8-9-13(15)10-12/h8-9,11-13H,3-7,10,15H2,1-2H3. The Morgan fingerprint density at radius 3 is 2.76 bits per heavy atom. The Bertz CT molecular complexity index is 263. The monoisotopic (exact) mass is 239 g/mol. The van der Waals surface area contributed by atoms with Gasteiger partial charge in [0.1, 0.15) is 0 Å². The number of carbonyl (C=O) groups is 1. The van der Waals surface area contributed by atoms with Crippen LogP contribution in [0.4, 0.5) is 0 Å². The summed E-state index contributed by atoms with van der Waals surface area (Å²) in [6.45, 7) is 4.17. The van der Waals surface area contributed by atoms with Gasteiger partial charge in [0.25, 0.3) is 0 Å². The molecule has 98 valence electrons. The maximum atomic E-state index is 11.8. The number of ether oxygens (including phenoxy) is 1. The number of carbonyl (C=O) groups excluding carboxylic acids is 1. The molecular weight excluding hydrogens is 214 g/mol. The summed E-state index contributed by atoms with van der Waals surface area (Å²) in [5, 5.41) is 0. The molecular formula is C14H25NO2. The van der Waals surface area contributed by atoms with E-state index in [1.54, 1.807) is 0 Å². The molecule has 0 spiro atoms. The van der Waals surface area contributed by atoms with Gasteiger partial charge in [-0.1, -0.05) is 38.3 Å². The van der Waals surface area contributed by atoms with Crippen molar-refractivity contribution in [2.75, 3.05) is 0 Å². The molecule has 0 heterocycles. The van der Waals surface area contributed by atoms with Crippen LogP contribution in [0.25, 0.3) is 0 Å². The number of esters is 1. The number of hydrogen-bond donors (Lipinski definition) is 1. The molecule has 1 aliphatic rings. The fourth-order valence-corrected chi connectivity index (χ4v) is 2.11. The minimum atomic E-state index is -0.122. The molecule has 3 unspecified atom stereocenters. The van der Waals surface area contributed by atoms with Crippen LogP contribution >= 0.6 is 0 Å². The van der Waals surface area contributed by atoms with Crippen molar-refractivity contribution in [1.29, 1.82) is 0 Å². The summed E-state index contributed by atoms with van der Waals surface area (Å²) < 4.78 is 5.42. The van der Waals surface area contributed by atoms with E-state index < -0.39 is 0 Å². The summed E-state index contributed by atoms with van der Waals surface area (Å²) in [5.74, 6) is -0.236. The van der Waals surface area contributed by atoms with Gasteiger partial charge < -0.3 is 10.5 Å². The Hall–Kier alpha value is -0.830. The van der Waals surface area contributed by atoms with Crippen LogP contribution in [0.15, 0.2) is 12.2 Å². The average Bonchev–Trinajstić information content (AvgIpc) is 2.71. The van der Waals surface area contributed by atoms with E-state index >= 15 is 0 Å². The number of nitrogens with two attached hydrogens (primary N) is 1. The third kappa shape index (κ3) is 5.35. The lowest BCUT2D eigenvalue weighted by Gasteiger charge is -2.16. The Labute approximate surface area is 104 Å². The minimum Gasteiger partial charge on any atom is -0.462 e. The summed E-state index contributed by atoms with van der Waals surface area (Å²) in [6.07, 6.45) is 10.3. The highest BCUT2D eigenvalue weighted by atomic mass is 16.5. The van der Waals surface area contributed by atoms with Crippen molar-refractivity contribution >= 4 is 5.97 Å². The van der Waals surface area contributed by atoms with E-state index in [9.17, 15) is 4.79 Å². The second-order valence-electron chi connectivity index (χ2n) is 4.99. The van der Waals surface area contributed by atoms with Crippen molar-refractivity contribution in [2.45, 2.75) is 64.5 Å². The smallest absolute Gasteiger partial charge is 0.313 e. The first-order chi connectivity index (χ1) is 8.13. The zero-order valence-electron chi connectivity index (χ0n) is 11.0. The van der Waals surface area contributed by atoms with E-state index in [1.807, 2.05) is 19.1 Å². The molecule has 0 bridgehead atoms. The summed E-state index contributed by atoms with van der Waals surface area (Å²) >= 11 is 0. The fourth-order valence-electron chi connectivity index (χ4n) is 2.11. The van der Waals surface area contributed by atoms with Gasteiger partial charge in [0, 0.05) is 6.04 Å². The van der Waals surface area contributed by atoms with Gasteiger partial charge in [-0.25, -0.2) is 0 Å². The van der Waals surface area contributed by atoms with Crippen LogP contribution in [0, 0.1) is 5.92 Å². The maximum Gasteiger partial charge on any atom is 0.313 e. The number of rotatable bonds is 7. The van der Waals surface area contributed by atoms with Crippen molar-refractivity contribution in [3.8, 4) is 0 Å². The van der Waals surface area contributed by atoms with Gasteiger partial charge in [0.15, 0.2) is 0 Å². The molecule has 1 rings (SSSR count). The largest absolute Gasteiger partial charge is 0.462 e. The van der Waals surface area contributed by atoms with E-state index in [0.717, 1.165) is 12.8 Å². The predicted octanol–water partition coefficient (Wildman–Crippen LogP) is 2.79. The predicted molar refractivity (Wildman–Crippen MR) is 69.5 cm³/mol. The third-order valence-corrected chi connectivity index (χ3v) is 3.20. The van der Waals surface area contributed by atoms with E-state index in [1.165, 1.54) is 19.3 Å². The quantitative estimate of drug-likeness (QED) is 0.422. The zero-order valence-corrected chi connectivity index (χ0v) is 11.0. The van der Waals surface area contributed by atoms with Gasteiger partial charge in [-0.15, -0.1) is 0 Å². The van der Waals surface area contributed by atoms with E-state index in [-0.39, 0.29) is 24.0 Å². The van der Waals surface area contributed by atoms with Crippen LogP contribution in [0.5, 0.6) is 0 Å². The molecule has 0 saturated heterocycles. The van der Waals surface area contributed by atoms with Crippen LogP contribution in [-0.2, 0) is 9.53 Å². The lowest BCUT2D eigenvalue weighted by molar-refractivity contribution is -0.151. The molecule has 0 aromatic heterocycles. The van der Waals surface area contributed by atoms with Crippen LogP contribution < -0.4 is 5.73 Å². The van der Waals surface area contributed by atoms with Crippen molar-refractivity contribution < 1.29 is 9.53 Å². The second-order valence-corrected chi connectivity index (χ2v) is 4.99. The van der Waals surface area contributed by atoms with Crippen LogP contribution in [0.1, 0.15) is 52.4 Å². The topological polar surface area (TPSA) is 52.3 Å². The molecule has 17 heavy (non-hydrogen) atoms. The number of unbranched alkanes of at least 4 members (excludes halogenated alkanes) is 3. The molecule has 0 aromatic rings. The summed E-state index contributed by atoms with van der Waals surface area (Å²) in [4.78, 5) is 11.8. The number of hydrogen-bond acceptors (Lipinski definition) is 3. The molecule has 3 heteroatoms. The molecule has 0 amide bonds. The zero-order chi connectivity index (χ0) is 12.7. The molecule has 1 aliphatic carbocycles. The molecule has 0 radical (unpaired) electrons. The molecule has 0 aliphatic heterocycles. The van der Waals surface area contributed by atoms with Crippen molar-refractivity contribution in [1.82, 2.24) is 0 Å². The summed E-state index contributed by atoms with van der Waals surface area (Å²) in [6, 6.07) is 0.0208. The first-order valence-corrected chi connectivity index (χ1v) is 6.78. The SMILES string of the molecule is CCCCCCC(C)OC(=O)C1C=CC(N)C1. The lowest BCUT2D eigenvalue weighted by Crippen LogP contribution is -2.23. The summed E-state index contributed by atoms with van der Waals surface area (Å²) in [5.41, 5.74) is 5.71. The summed E-state index contributed by atoms with van der Waals surface area (Å²) in [7, 11) is 0. The molecule has 0 saturated carbocycles. The Morgan fingerprint density at radius 1 is 1.41 bits per heavy atom. The van der Waals surface area contributed by atoms with E-state index in [4.69, 9.17) is 10.5 Å². The molecule has 3 nitrogen and oxygen atoms in total. The molecule has 2 N–H and O–H groups in total. The minimum absolute atomic E-state index is 0.0208. The highest BCUT2D eigenvalue weighted by Gasteiger charge is 2.25. The van der Waals surface area contributed by atoms with Gasteiger partial charge in [-0.2, -0.15) is 0 Å². The van der Waals surface area contributed by atoms with Crippen LogP contribution in [0.3, 0.4) is 0 Å². The third-order valence-electron chi connectivity index (χ3n) is 3.20. The van der Waals surface area contributed by atoms with Gasteiger partial charge in [0.05, 0.1) is 12.0 Å². The van der Waals surface area contributed by atoms with E-state index in [0.29, 0.717) is 6.42 Å². The van der Waals surface area contributed by atoms with E-state index in [2.05, 4.69) is 6.92 Å². The Balaban J connectivity index is 2.15. The highest BCUT2D eigenvalue weighted by Crippen LogP contribution is 2.19. The maximum absolute atomic E-state index is 11.8. The van der Waals surface area contributed by atoms with Gasteiger partial charge >= 0.3 is 5.97 Å². The lowest BCUT2D eigenvalue weighted by atomic mass is 10.1. The average molecular weight is 239 g/mol. The molecule has 3 atom stereocenters. The Morgan fingerprint density at radius 2 is 2.18 bits per heavy atom. The highest BCUT2D eigenvalue weighted by molar-refractivity contribution is 5.75. The van der Waals surface area contributed by atoms with Crippen molar-refractivity contribution in [2.24, 2.45) is 11.7 Å². The van der Waals surface area contributed by atoms with Crippen LogP contribution in [-0.4, -0.2) is 18.1 Å². The Kier molecular flexibility index (Phi) is 6.27. The fraction of sp³-hybridized carbons (Fsp3) is 0.786. The second kappa shape index (κ2) is 7.49.